The number of para-hydroxylation sites is 2. The van der Waals surface area contributed by atoms with E-state index in [9.17, 15) is 0 Å². The van der Waals surface area contributed by atoms with E-state index in [4.69, 9.17) is 9.98 Å². The van der Waals surface area contributed by atoms with Crippen LogP contribution in [0.4, 0.5) is 11.4 Å². The van der Waals surface area contributed by atoms with Gasteiger partial charge in [-0.15, -0.1) is 0 Å². The summed E-state index contributed by atoms with van der Waals surface area (Å²) in [5, 5.41) is 4.34. The molecule has 0 saturated carbocycles. The Labute approximate surface area is 180 Å². The van der Waals surface area contributed by atoms with Gasteiger partial charge in [-0.1, -0.05) is 12.1 Å². The van der Waals surface area contributed by atoms with Gasteiger partial charge in [-0.05, 0) is 62.4 Å². The summed E-state index contributed by atoms with van der Waals surface area (Å²) >= 11 is 0. The molecule has 2 aliphatic rings. The number of pyridine rings is 2. The summed E-state index contributed by atoms with van der Waals surface area (Å²) in [6.07, 6.45) is 7.21. The van der Waals surface area contributed by atoms with Crippen molar-refractivity contribution >= 4 is 22.4 Å². The third-order valence-corrected chi connectivity index (χ3v) is 4.94. The zero-order chi connectivity index (χ0) is 21.2. The number of nitrogens with one attached hydrogen (secondary N) is 1. The molecule has 6 heteroatoms. The summed E-state index contributed by atoms with van der Waals surface area (Å²) in [5.41, 5.74) is 6.57. The van der Waals surface area contributed by atoms with Gasteiger partial charge in [0.1, 0.15) is 0 Å². The highest BCUT2D eigenvalue weighted by atomic mass is 15.0. The van der Waals surface area contributed by atoms with Gasteiger partial charge in [0.15, 0.2) is 0 Å². The van der Waals surface area contributed by atoms with Crippen LogP contribution in [-0.4, -0.2) is 25.6 Å². The second-order valence-corrected chi connectivity index (χ2v) is 7.59. The van der Waals surface area contributed by atoms with Gasteiger partial charge < -0.3 is 9.88 Å². The molecule has 0 amide bonds. The molecule has 31 heavy (non-hydrogen) atoms. The molecule has 0 saturated heterocycles. The van der Waals surface area contributed by atoms with Crippen LogP contribution in [-0.2, 0) is 0 Å². The number of anilines is 2. The highest BCUT2D eigenvalue weighted by molar-refractivity contribution is 5.84. The predicted molar refractivity (Wildman–Crippen MR) is 124 cm³/mol. The molecule has 0 unspecified atom stereocenters. The van der Waals surface area contributed by atoms with Gasteiger partial charge in [0, 0.05) is 18.4 Å². The van der Waals surface area contributed by atoms with Crippen molar-refractivity contribution < 1.29 is 0 Å². The van der Waals surface area contributed by atoms with Crippen molar-refractivity contribution in [2.24, 2.45) is 4.99 Å². The van der Waals surface area contributed by atoms with Crippen molar-refractivity contribution in [3.05, 3.63) is 90.8 Å². The fraction of sp³-hybridized carbons (Fsp3) is 0.120. The molecule has 0 bridgehead atoms. The van der Waals surface area contributed by atoms with Crippen LogP contribution in [0.2, 0.25) is 0 Å². The molecule has 1 aromatic carbocycles. The maximum Gasteiger partial charge on any atom is 0.0900 e. The first-order chi connectivity index (χ1) is 15.2. The third-order valence-electron chi connectivity index (χ3n) is 4.94. The molecule has 2 aromatic heterocycles. The van der Waals surface area contributed by atoms with Crippen LogP contribution in [0.1, 0.15) is 13.8 Å². The van der Waals surface area contributed by atoms with Crippen LogP contribution >= 0.6 is 0 Å². The van der Waals surface area contributed by atoms with E-state index in [1.807, 2.05) is 42.6 Å². The second-order valence-electron chi connectivity index (χ2n) is 7.59. The minimum Gasteiger partial charge on any atom is -0.352 e. The molecule has 0 spiro atoms. The zero-order valence-electron chi connectivity index (χ0n) is 17.4. The van der Waals surface area contributed by atoms with Gasteiger partial charge in [0.05, 0.1) is 57.2 Å². The first-order valence-electron chi connectivity index (χ1n) is 10.3. The summed E-state index contributed by atoms with van der Waals surface area (Å²) in [4.78, 5) is 18.4. The molecule has 3 heterocycles. The number of hydrogen-bond donors (Lipinski definition) is 1. The number of rotatable bonds is 4. The van der Waals surface area contributed by atoms with E-state index in [2.05, 4.69) is 58.0 Å². The topological polar surface area (TPSA) is 68.0 Å². The first-order valence-corrected chi connectivity index (χ1v) is 10.3. The van der Waals surface area contributed by atoms with Crippen molar-refractivity contribution in [3.63, 3.8) is 0 Å². The van der Waals surface area contributed by atoms with Gasteiger partial charge in [-0.2, -0.15) is 0 Å². The fourth-order valence-electron chi connectivity index (χ4n) is 3.68. The Balaban J connectivity index is 1.84. The zero-order valence-corrected chi connectivity index (χ0v) is 17.4. The molecule has 0 atom stereocenters. The maximum atomic E-state index is 4.95. The van der Waals surface area contributed by atoms with Gasteiger partial charge in [-0.25, -0.2) is 4.98 Å². The largest absolute Gasteiger partial charge is 0.352 e. The molecule has 1 N–H and O–H groups in total. The van der Waals surface area contributed by atoms with Crippen molar-refractivity contribution in [3.8, 4) is 17.1 Å². The number of hydrogen-bond acceptors (Lipinski definition) is 5. The Morgan fingerprint density at radius 1 is 0.903 bits per heavy atom. The standard InChI is InChI=1S/C25H22N6/c1-17(2)28-22-14-25-23(13-21(22)29-18-7-5-11-26-15-18)30-20-9-3-4-10-24(20)31(25)19-8-6-12-27-16-19/h3-17,29H,1-2H3. The Morgan fingerprint density at radius 2 is 1.71 bits per heavy atom. The lowest BCUT2D eigenvalue weighted by Gasteiger charge is -2.20. The lowest BCUT2D eigenvalue weighted by molar-refractivity contribution is 0.806. The molecule has 3 aromatic rings. The number of nitrogens with zero attached hydrogens (tertiary/aromatic N) is 5. The Kier molecular flexibility index (Phi) is 4.88. The summed E-state index contributed by atoms with van der Waals surface area (Å²) in [6.45, 7) is 4.15. The normalized spacial score (nSPS) is 12.0. The number of benzene rings is 2. The SMILES string of the molecule is CC(C)N=c1cc2n(-c3cccnc3)c3ccccc3nc-2cc1Nc1cccnc1. The van der Waals surface area contributed by atoms with Crippen LogP contribution in [0.5, 0.6) is 0 Å². The molecule has 5 rings (SSSR count). The van der Waals surface area contributed by atoms with E-state index in [0.29, 0.717) is 0 Å². The maximum absolute atomic E-state index is 4.95. The van der Waals surface area contributed by atoms with Crippen molar-refractivity contribution in [2.75, 3.05) is 5.32 Å². The number of fused-ring (bicyclic) bond motifs is 2. The Morgan fingerprint density at radius 3 is 2.45 bits per heavy atom. The van der Waals surface area contributed by atoms with Crippen LogP contribution in [0, 0.1) is 0 Å². The van der Waals surface area contributed by atoms with E-state index in [1.165, 1.54) is 0 Å². The summed E-state index contributed by atoms with van der Waals surface area (Å²) in [6, 6.07) is 20.3. The molecule has 1 aliphatic carbocycles. The summed E-state index contributed by atoms with van der Waals surface area (Å²) < 4.78 is 2.19. The highest BCUT2D eigenvalue weighted by Gasteiger charge is 2.16. The quantitative estimate of drug-likeness (QED) is 0.428. The molecular formula is C25H22N6. The summed E-state index contributed by atoms with van der Waals surface area (Å²) in [7, 11) is 0. The molecule has 0 radical (unpaired) electrons. The molecular weight excluding hydrogens is 384 g/mol. The molecule has 0 fully saturated rings. The summed E-state index contributed by atoms with van der Waals surface area (Å²) in [5.74, 6) is 0. The minimum atomic E-state index is 0.146. The van der Waals surface area contributed by atoms with E-state index in [1.54, 1.807) is 18.6 Å². The third kappa shape index (κ3) is 3.75. The fourth-order valence-corrected chi connectivity index (χ4v) is 3.68. The highest BCUT2D eigenvalue weighted by Crippen LogP contribution is 2.30. The van der Waals surface area contributed by atoms with Crippen molar-refractivity contribution in [1.29, 1.82) is 0 Å². The number of aromatic nitrogens is 4. The van der Waals surface area contributed by atoms with Gasteiger partial charge in [-0.3, -0.25) is 15.0 Å². The molecule has 152 valence electrons. The molecule has 6 nitrogen and oxygen atoms in total. The van der Waals surface area contributed by atoms with Crippen LogP contribution in [0.3, 0.4) is 0 Å². The second kappa shape index (κ2) is 7.99. The van der Waals surface area contributed by atoms with E-state index < -0.39 is 0 Å². The monoisotopic (exact) mass is 406 g/mol. The Bertz CT molecular complexity index is 1370. The predicted octanol–water partition coefficient (Wildman–Crippen LogP) is 4.97. The van der Waals surface area contributed by atoms with Crippen LogP contribution in [0.15, 0.2) is 90.4 Å². The van der Waals surface area contributed by atoms with Gasteiger partial charge >= 0.3 is 0 Å². The lowest BCUT2D eigenvalue weighted by Crippen LogP contribution is -2.16. The van der Waals surface area contributed by atoms with Gasteiger partial charge in [0.2, 0.25) is 0 Å². The van der Waals surface area contributed by atoms with Gasteiger partial charge in [0.25, 0.3) is 0 Å². The van der Waals surface area contributed by atoms with Crippen LogP contribution < -0.4 is 10.7 Å². The smallest absolute Gasteiger partial charge is 0.0900 e. The van der Waals surface area contributed by atoms with E-state index >= 15 is 0 Å². The average molecular weight is 406 g/mol. The van der Waals surface area contributed by atoms with Crippen LogP contribution in [0.25, 0.3) is 28.1 Å². The van der Waals surface area contributed by atoms with E-state index in [-0.39, 0.29) is 6.04 Å². The van der Waals surface area contributed by atoms with Crippen molar-refractivity contribution in [2.45, 2.75) is 19.9 Å². The van der Waals surface area contributed by atoms with E-state index in [0.717, 1.165) is 44.8 Å². The molecule has 1 aliphatic heterocycles. The van der Waals surface area contributed by atoms with Crippen molar-refractivity contribution in [1.82, 2.24) is 19.5 Å². The lowest BCUT2D eigenvalue weighted by atomic mass is 10.1. The Hall–Kier alpha value is -4.06. The first kappa shape index (κ1) is 18.9. The average Bonchev–Trinajstić information content (AvgIpc) is 2.79. The minimum absolute atomic E-state index is 0.146.